The molecular weight excluding hydrogens is 348 g/mol. The Hall–Kier alpha value is -2.77. The summed E-state index contributed by atoms with van der Waals surface area (Å²) < 4.78 is 5.07. The van der Waals surface area contributed by atoms with Crippen LogP contribution in [0.15, 0.2) is 24.3 Å². The van der Waals surface area contributed by atoms with Gasteiger partial charge in [-0.2, -0.15) is 0 Å². The maximum absolute atomic E-state index is 12.1. The summed E-state index contributed by atoms with van der Waals surface area (Å²) in [6, 6.07) is 8.02. The van der Waals surface area contributed by atoms with E-state index in [-0.39, 0.29) is 25.4 Å². The van der Waals surface area contributed by atoms with Gasteiger partial charge in [0, 0.05) is 25.2 Å². The van der Waals surface area contributed by atoms with Crippen molar-refractivity contribution >= 4 is 23.6 Å². The molecule has 0 unspecified atom stereocenters. The largest absolute Gasteiger partial charge is 0.444 e. The lowest BCUT2D eigenvalue weighted by Crippen LogP contribution is -2.48. The fourth-order valence-electron chi connectivity index (χ4n) is 2.78. The number of benzene rings is 1. The van der Waals surface area contributed by atoms with Crippen molar-refractivity contribution < 1.29 is 19.1 Å². The average Bonchev–Trinajstić information content (AvgIpc) is 2.59. The minimum atomic E-state index is -0.590. The molecule has 0 atom stereocenters. The fourth-order valence-corrected chi connectivity index (χ4v) is 2.78. The molecule has 1 aliphatic rings. The Bertz CT molecular complexity index is 685. The van der Waals surface area contributed by atoms with Gasteiger partial charge >= 0.3 is 6.09 Å². The molecule has 8 nitrogen and oxygen atoms in total. The third kappa shape index (κ3) is 7.16. The molecule has 8 heteroatoms. The molecule has 1 aromatic rings. The lowest BCUT2D eigenvalue weighted by atomic mass is 10.0. The van der Waals surface area contributed by atoms with Crippen molar-refractivity contribution in [3.63, 3.8) is 0 Å². The van der Waals surface area contributed by atoms with Gasteiger partial charge in [-0.3, -0.25) is 20.4 Å². The molecule has 3 N–H and O–H groups in total. The maximum Gasteiger partial charge on any atom is 0.407 e. The summed E-state index contributed by atoms with van der Waals surface area (Å²) in [6.45, 7) is 6.38. The molecule has 1 heterocycles. The molecule has 0 saturated heterocycles. The normalized spacial score (nSPS) is 13.4. The van der Waals surface area contributed by atoms with Crippen LogP contribution in [0.3, 0.4) is 0 Å². The predicted octanol–water partition coefficient (Wildman–Crippen LogP) is 1.50. The van der Waals surface area contributed by atoms with E-state index in [2.05, 4.69) is 22.2 Å². The van der Waals surface area contributed by atoms with Gasteiger partial charge in [0.25, 0.3) is 5.91 Å². The number of para-hydroxylation sites is 1. The number of carbonyl (C=O) groups excluding carboxylic acids is 3. The Balaban J connectivity index is 1.67. The minimum Gasteiger partial charge on any atom is -0.444 e. The molecular formula is C19H28N4O4. The highest BCUT2D eigenvalue weighted by Crippen LogP contribution is 2.26. The number of carbonyl (C=O) groups is 3. The van der Waals surface area contributed by atoms with Gasteiger partial charge in [-0.15, -0.1) is 0 Å². The van der Waals surface area contributed by atoms with Crippen molar-refractivity contribution in [2.24, 2.45) is 0 Å². The second-order valence-electron chi connectivity index (χ2n) is 7.43. The Morgan fingerprint density at radius 3 is 2.56 bits per heavy atom. The van der Waals surface area contributed by atoms with Crippen LogP contribution >= 0.6 is 0 Å². The van der Waals surface area contributed by atoms with Crippen LogP contribution in [0.1, 0.15) is 39.2 Å². The average molecular weight is 376 g/mol. The summed E-state index contributed by atoms with van der Waals surface area (Å²) in [4.78, 5) is 37.4. The first-order valence-corrected chi connectivity index (χ1v) is 9.12. The zero-order chi connectivity index (χ0) is 19.9. The summed E-state index contributed by atoms with van der Waals surface area (Å²) in [5.74, 6) is -0.682. The predicted molar refractivity (Wildman–Crippen MR) is 102 cm³/mol. The molecule has 148 valence electrons. The van der Waals surface area contributed by atoms with E-state index in [1.807, 2.05) is 23.1 Å². The molecule has 0 bridgehead atoms. The number of hydrogen-bond donors (Lipinski definition) is 3. The van der Waals surface area contributed by atoms with Crippen molar-refractivity contribution in [1.29, 1.82) is 0 Å². The molecule has 2 rings (SSSR count). The van der Waals surface area contributed by atoms with E-state index in [0.717, 1.165) is 25.1 Å². The zero-order valence-corrected chi connectivity index (χ0v) is 16.1. The number of hydrazine groups is 1. The van der Waals surface area contributed by atoms with Crippen LogP contribution in [0, 0.1) is 0 Å². The van der Waals surface area contributed by atoms with Gasteiger partial charge in [0.1, 0.15) is 5.60 Å². The summed E-state index contributed by atoms with van der Waals surface area (Å²) >= 11 is 0. The van der Waals surface area contributed by atoms with Crippen LogP contribution in [-0.2, 0) is 20.7 Å². The standard InChI is InChI=1S/C19H28N4O4/c1-19(2,3)27-18(26)20-11-10-16(24)21-22-17(25)13-23-12-6-8-14-7-4-5-9-15(14)23/h4-5,7,9H,6,8,10-13H2,1-3H3,(H,20,26)(H,21,24)(H,22,25). The van der Waals surface area contributed by atoms with E-state index in [1.165, 1.54) is 5.56 Å². The number of hydrogen-bond acceptors (Lipinski definition) is 5. The summed E-state index contributed by atoms with van der Waals surface area (Å²) in [7, 11) is 0. The van der Waals surface area contributed by atoms with E-state index in [0.29, 0.717) is 0 Å². The van der Waals surface area contributed by atoms with E-state index < -0.39 is 17.6 Å². The highest BCUT2D eigenvalue weighted by atomic mass is 16.6. The number of anilines is 1. The summed E-state index contributed by atoms with van der Waals surface area (Å²) in [5.41, 5.74) is 6.48. The molecule has 0 aromatic heterocycles. The van der Waals surface area contributed by atoms with Crippen molar-refractivity contribution in [1.82, 2.24) is 16.2 Å². The minimum absolute atomic E-state index is 0.0338. The van der Waals surface area contributed by atoms with Crippen molar-refractivity contribution in [2.75, 3.05) is 24.5 Å². The molecule has 0 radical (unpaired) electrons. The second-order valence-corrected chi connectivity index (χ2v) is 7.43. The third-order valence-corrected chi connectivity index (χ3v) is 3.90. The number of ether oxygens (including phenoxy) is 1. The summed E-state index contributed by atoms with van der Waals surface area (Å²) in [6.07, 6.45) is 1.46. The molecule has 0 aliphatic carbocycles. The Morgan fingerprint density at radius 1 is 1.11 bits per heavy atom. The lowest BCUT2D eigenvalue weighted by Gasteiger charge is -2.30. The first kappa shape index (κ1) is 20.5. The van der Waals surface area contributed by atoms with Crippen LogP contribution in [0.4, 0.5) is 10.5 Å². The van der Waals surface area contributed by atoms with Crippen LogP contribution in [0.25, 0.3) is 0 Å². The fraction of sp³-hybridized carbons (Fsp3) is 0.526. The first-order chi connectivity index (χ1) is 12.7. The number of aryl methyl sites for hydroxylation is 1. The molecule has 27 heavy (non-hydrogen) atoms. The number of alkyl carbamates (subject to hydrolysis) is 1. The van der Waals surface area contributed by atoms with Crippen molar-refractivity contribution in [3.05, 3.63) is 29.8 Å². The van der Waals surface area contributed by atoms with Gasteiger partial charge in [0.05, 0.1) is 6.54 Å². The van der Waals surface area contributed by atoms with Gasteiger partial charge in [-0.25, -0.2) is 4.79 Å². The number of amides is 3. The topological polar surface area (TPSA) is 99.8 Å². The quantitative estimate of drug-likeness (QED) is 0.677. The number of rotatable bonds is 5. The maximum atomic E-state index is 12.1. The summed E-state index contributed by atoms with van der Waals surface area (Å²) in [5, 5.41) is 2.49. The lowest BCUT2D eigenvalue weighted by molar-refractivity contribution is -0.128. The zero-order valence-electron chi connectivity index (χ0n) is 16.1. The molecule has 0 spiro atoms. The van der Waals surface area contributed by atoms with Crippen molar-refractivity contribution in [2.45, 2.75) is 45.6 Å². The molecule has 1 aromatic carbocycles. The van der Waals surface area contributed by atoms with Gasteiger partial charge in [0.15, 0.2) is 0 Å². The second kappa shape index (κ2) is 9.25. The SMILES string of the molecule is CC(C)(C)OC(=O)NCCC(=O)NNC(=O)CN1CCCc2ccccc21. The molecule has 0 saturated carbocycles. The number of nitrogens with zero attached hydrogens (tertiary/aromatic N) is 1. The number of nitrogens with one attached hydrogen (secondary N) is 3. The Labute approximate surface area is 159 Å². The van der Waals surface area contributed by atoms with Crippen LogP contribution in [0.5, 0.6) is 0 Å². The third-order valence-electron chi connectivity index (χ3n) is 3.90. The van der Waals surface area contributed by atoms with Gasteiger partial charge in [0.2, 0.25) is 5.91 Å². The smallest absolute Gasteiger partial charge is 0.407 e. The molecule has 3 amide bonds. The van der Waals surface area contributed by atoms with E-state index in [9.17, 15) is 14.4 Å². The molecule has 0 fully saturated rings. The van der Waals surface area contributed by atoms with Crippen molar-refractivity contribution in [3.8, 4) is 0 Å². The van der Waals surface area contributed by atoms with E-state index in [1.54, 1.807) is 20.8 Å². The van der Waals surface area contributed by atoms with Crippen LogP contribution < -0.4 is 21.1 Å². The van der Waals surface area contributed by atoms with E-state index >= 15 is 0 Å². The number of fused-ring (bicyclic) bond motifs is 1. The van der Waals surface area contributed by atoms with Gasteiger partial charge in [-0.05, 0) is 45.2 Å². The Morgan fingerprint density at radius 2 is 1.81 bits per heavy atom. The van der Waals surface area contributed by atoms with Crippen LogP contribution in [-0.4, -0.2) is 43.1 Å². The van der Waals surface area contributed by atoms with Crippen LogP contribution in [0.2, 0.25) is 0 Å². The molecule has 1 aliphatic heterocycles. The Kier molecular flexibility index (Phi) is 7.04. The van der Waals surface area contributed by atoms with Gasteiger partial charge in [-0.1, -0.05) is 18.2 Å². The monoisotopic (exact) mass is 376 g/mol. The first-order valence-electron chi connectivity index (χ1n) is 9.12. The van der Waals surface area contributed by atoms with Gasteiger partial charge < -0.3 is 15.0 Å². The van der Waals surface area contributed by atoms with E-state index in [4.69, 9.17) is 4.74 Å². The highest BCUT2D eigenvalue weighted by molar-refractivity contribution is 5.85. The highest BCUT2D eigenvalue weighted by Gasteiger charge is 2.19.